The SMILES string of the molecule is CCCCn1c(CCC(=O)OCC(=O)Nc2cccnc2Cl)nc2cc(S(=O)(=O)N3CCOCC3)ccc21. The Balaban J connectivity index is 1.43. The van der Waals surface area contributed by atoms with Gasteiger partial charge in [-0.3, -0.25) is 9.59 Å². The Morgan fingerprint density at radius 2 is 2.00 bits per heavy atom. The van der Waals surface area contributed by atoms with Crippen LogP contribution in [0, 0.1) is 0 Å². The monoisotopic (exact) mass is 563 g/mol. The van der Waals surface area contributed by atoms with Crippen molar-refractivity contribution in [3.63, 3.8) is 0 Å². The van der Waals surface area contributed by atoms with Gasteiger partial charge in [0.05, 0.1) is 41.3 Å². The van der Waals surface area contributed by atoms with E-state index >= 15 is 0 Å². The molecule has 1 aliphatic heterocycles. The highest BCUT2D eigenvalue weighted by atomic mass is 35.5. The minimum atomic E-state index is -3.66. The summed E-state index contributed by atoms with van der Waals surface area (Å²) < 4.78 is 40.0. The Kier molecular flexibility index (Phi) is 9.31. The quantitative estimate of drug-likeness (QED) is 0.278. The number of halogens is 1. The van der Waals surface area contributed by atoms with Gasteiger partial charge in [0.2, 0.25) is 10.0 Å². The molecule has 0 atom stereocenters. The van der Waals surface area contributed by atoms with Crippen molar-refractivity contribution in [3.05, 3.63) is 47.5 Å². The van der Waals surface area contributed by atoms with Gasteiger partial charge >= 0.3 is 5.97 Å². The van der Waals surface area contributed by atoms with Crippen molar-refractivity contribution in [2.45, 2.75) is 44.0 Å². The summed E-state index contributed by atoms with van der Waals surface area (Å²) in [6.07, 6.45) is 3.64. The minimum absolute atomic E-state index is 0.00924. The van der Waals surface area contributed by atoms with Gasteiger partial charge in [-0.05, 0) is 36.8 Å². The largest absolute Gasteiger partial charge is 0.456 e. The third-order valence-corrected chi connectivity index (χ3v) is 8.29. The predicted octanol–water partition coefficient (Wildman–Crippen LogP) is 3.02. The van der Waals surface area contributed by atoms with E-state index in [1.807, 2.05) is 4.57 Å². The fourth-order valence-electron chi connectivity index (χ4n) is 4.11. The number of esters is 1. The molecule has 1 aromatic carbocycles. The van der Waals surface area contributed by atoms with Crippen LogP contribution in [0.15, 0.2) is 41.4 Å². The van der Waals surface area contributed by atoms with Gasteiger partial charge in [-0.1, -0.05) is 24.9 Å². The summed E-state index contributed by atoms with van der Waals surface area (Å²) in [5.74, 6) is -0.433. The van der Waals surface area contributed by atoms with E-state index in [1.54, 1.807) is 30.3 Å². The van der Waals surface area contributed by atoms with Crippen molar-refractivity contribution in [2.75, 3.05) is 38.2 Å². The maximum atomic E-state index is 13.1. The van der Waals surface area contributed by atoms with Gasteiger partial charge in [0, 0.05) is 32.3 Å². The van der Waals surface area contributed by atoms with E-state index < -0.39 is 28.5 Å². The summed E-state index contributed by atoms with van der Waals surface area (Å²) >= 11 is 5.92. The molecule has 3 aromatic rings. The van der Waals surface area contributed by atoms with Crippen molar-refractivity contribution in [2.24, 2.45) is 0 Å². The van der Waals surface area contributed by atoms with Crippen LogP contribution >= 0.6 is 11.6 Å². The van der Waals surface area contributed by atoms with Gasteiger partial charge in [0.15, 0.2) is 11.8 Å². The maximum Gasteiger partial charge on any atom is 0.306 e. The number of hydrogen-bond donors (Lipinski definition) is 1. The second-order valence-corrected chi connectivity index (χ2v) is 11.0. The van der Waals surface area contributed by atoms with Gasteiger partial charge in [-0.25, -0.2) is 18.4 Å². The highest BCUT2D eigenvalue weighted by molar-refractivity contribution is 7.89. The number of sulfonamides is 1. The predicted molar refractivity (Wildman–Crippen MR) is 141 cm³/mol. The van der Waals surface area contributed by atoms with Gasteiger partial charge in [0.25, 0.3) is 5.91 Å². The number of benzene rings is 1. The number of unbranched alkanes of at least 4 members (excludes halogenated alkanes) is 1. The van der Waals surface area contributed by atoms with E-state index in [0.717, 1.165) is 18.4 Å². The van der Waals surface area contributed by atoms with Crippen LogP contribution in [0.2, 0.25) is 5.15 Å². The maximum absolute atomic E-state index is 13.1. The first-order chi connectivity index (χ1) is 18.3. The first kappa shape index (κ1) is 28.0. The van der Waals surface area contributed by atoms with Crippen LogP contribution < -0.4 is 5.32 Å². The zero-order valence-electron chi connectivity index (χ0n) is 21.1. The van der Waals surface area contributed by atoms with E-state index in [1.165, 1.54) is 10.5 Å². The van der Waals surface area contributed by atoms with Crippen LogP contribution in [0.3, 0.4) is 0 Å². The second kappa shape index (κ2) is 12.7. The number of aryl methyl sites for hydroxylation is 2. The molecule has 11 nitrogen and oxygen atoms in total. The normalized spacial score (nSPS) is 14.5. The highest BCUT2D eigenvalue weighted by Crippen LogP contribution is 2.25. The summed E-state index contributed by atoms with van der Waals surface area (Å²) in [4.78, 5) is 33.2. The lowest BCUT2D eigenvalue weighted by atomic mass is 10.2. The number of anilines is 1. The fourth-order valence-corrected chi connectivity index (χ4v) is 5.71. The van der Waals surface area contributed by atoms with Gasteiger partial charge in [-0.15, -0.1) is 0 Å². The highest BCUT2D eigenvalue weighted by Gasteiger charge is 2.27. The Morgan fingerprint density at radius 1 is 1.21 bits per heavy atom. The Bertz CT molecular complexity index is 1400. The molecule has 0 bridgehead atoms. The zero-order chi connectivity index (χ0) is 27.1. The molecule has 1 aliphatic rings. The molecule has 0 spiro atoms. The molecule has 38 heavy (non-hydrogen) atoms. The fraction of sp³-hybridized carbons (Fsp3) is 0.440. The van der Waals surface area contributed by atoms with Crippen molar-refractivity contribution in [1.29, 1.82) is 0 Å². The molecule has 2 aromatic heterocycles. The first-order valence-corrected chi connectivity index (χ1v) is 14.2. The molecule has 4 rings (SSSR count). The number of fused-ring (bicyclic) bond motifs is 1. The molecule has 0 saturated carbocycles. The third kappa shape index (κ3) is 6.68. The van der Waals surface area contributed by atoms with Crippen LogP contribution in [0.25, 0.3) is 11.0 Å². The standard InChI is InChI=1S/C25H30ClN5O6S/c1-2-3-11-31-21-7-6-18(38(34,35)30-12-14-36-15-13-30)16-20(21)28-22(31)8-9-24(33)37-17-23(32)29-19-5-4-10-27-25(19)26/h4-7,10,16H,2-3,8-9,11-15,17H2,1H3,(H,29,32). The van der Waals surface area contributed by atoms with E-state index in [0.29, 0.717) is 49.9 Å². The molecule has 1 N–H and O–H groups in total. The van der Waals surface area contributed by atoms with Crippen LogP contribution in [-0.2, 0) is 42.1 Å². The number of hydrogen-bond acceptors (Lipinski definition) is 8. The van der Waals surface area contributed by atoms with E-state index in [4.69, 9.17) is 21.1 Å². The van der Waals surface area contributed by atoms with E-state index in [9.17, 15) is 18.0 Å². The average molecular weight is 564 g/mol. The number of pyridine rings is 1. The number of aromatic nitrogens is 3. The number of ether oxygens (including phenoxy) is 2. The molecule has 204 valence electrons. The van der Waals surface area contributed by atoms with Crippen molar-refractivity contribution in [1.82, 2.24) is 18.8 Å². The lowest BCUT2D eigenvalue weighted by molar-refractivity contribution is -0.147. The van der Waals surface area contributed by atoms with Crippen molar-refractivity contribution >= 4 is 50.2 Å². The Hall–Kier alpha value is -3.06. The molecule has 0 unspecified atom stereocenters. The van der Waals surface area contributed by atoms with Crippen LogP contribution in [0.5, 0.6) is 0 Å². The van der Waals surface area contributed by atoms with Gasteiger partial charge in [0.1, 0.15) is 5.82 Å². The van der Waals surface area contributed by atoms with Crippen LogP contribution in [-0.4, -0.2) is 72.0 Å². The van der Waals surface area contributed by atoms with Gasteiger partial charge in [-0.2, -0.15) is 4.31 Å². The number of imidazole rings is 1. The molecular formula is C25H30ClN5O6S. The number of rotatable bonds is 11. The number of nitrogens with one attached hydrogen (secondary N) is 1. The summed E-state index contributed by atoms with van der Waals surface area (Å²) in [7, 11) is -3.66. The van der Waals surface area contributed by atoms with Crippen LogP contribution in [0.1, 0.15) is 32.0 Å². The van der Waals surface area contributed by atoms with E-state index in [2.05, 4.69) is 22.2 Å². The molecule has 0 radical (unpaired) electrons. The lowest BCUT2D eigenvalue weighted by Crippen LogP contribution is -2.40. The topological polar surface area (TPSA) is 133 Å². The average Bonchev–Trinajstić information content (AvgIpc) is 3.27. The van der Waals surface area contributed by atoms with Crippen molar-refractivity contribution < 1.29 is 27.5 Å². The molecule has 1 amide bonds. The smallest absolute Gasteiger partial charge is 0.306 e. The number of carbonyl (C=O) groups excluding carboxylic acids is 2. The Morgan fingerprint density at radius 3 is 2.74 bits per heavy atom. The lowest BCUT2D eigenvalue weighted by Gasteiger charge is -2.26. The summed E-state index contributed by atoms with van der Waals surface area (Å²) in [6, 6.07) is 8.16. The molecule has 3 heterocycles. The molecule has 0 aliphatic carbocycles. The van der Waals surface area contributed by atoms with E-state index in [-0.39, 0.29) is 22.9 Å². The molecular weight excluding hydrogens is 534 g/mol. The molecule has 1 saturated heterocycles. The summed E-state index contributed by atoms with van der Waals surface area (Å²) in [5.41, 5.74) is 1.68. The summed E-state index contributed by atoms with van der Waals surface area (Å²) in [6.45, 7) is 3.66. The van der Waals surface area contributed by atoms with Crippen LogP contribution in [0.4, 0.5) is 5.69 Å². The third-order valence-electron chi connectivity index (χ3n) is 6.09. The Labute approximate surface area is 226 Å². The molecule has 13 heteroatoms. The minimum Gasteiger partial charge on any atom is -0.456 e. The second-order valence-electron chi connectivity index (χ2n) is 8.75. The number of carbonyl (C=O) groups is 2. The summed E-state index contributed by atoms with van der Waals surface area (Å²) in [5, 5.41) is 2.68. The first-order valence-electron chi connectivity index (χ1n) is 12.4. The molecule has 1 fully saturated rings. The number of nitrogens with zero attached hydrogens (tertiary/aromatic N) is 4. The number of amides is 1. The zero-order valence-corrected chi connectivity index (χ0v) is 22.6. The van der Waals surface area contributed by atoms with Crippen molar-refractivity contribution in [3.8, 4) is 0 Å². The number of morpholine rings is 1. The van der Waals surface area contributed by atoms with Gasteiger partial charge < -0.3 is 19.4 Å².